The van der Waals surface area contributed by atoms with Gasteiger partial charge in [-0.1, -0.05) is 51.1 Å². The van der Waals surface area contributed by atoms with Crippen molar-refractivity contribution < 1.29 is 4.74 Å². The maximum absolute atomic E-state index is 6.19. The van der Waals surface area contributed by atoms with Gasteiger partial charge < -0.3 is 10.1 Å². The summed E-state index contributed by atoms with van der Waals surface area (Å²) in [6, 6.07) is 10.5. The van der Waals surface area contributed by atoms with E-state index in [9.17, 15) is 0 Å². The van der Waals surface area contributed by atoms with Gasteiger partial charge in [-0.15, -0.1) is 0 Å². The van der Waals surface area contributed by atoms with Crippen LogP contribution < -0.4 is 5.32 Å². The predicted molar refractivity (Wildman–Crippen MR) is 77.7 cm³/mol. The fourth-order valence-corrected chi connectivity index (χ4v) is 2.19. The molecule has 2 heteroatoms. The van der Waals surface area contributed by atoms with Gasteiger partial charge in [-0.05, 0) is 31.4 Å². The second-order valence-electron chi connectivity index (χ2n) is 5.28. The van der Waals surface area contributed by atoms with Crippen molar-refractivity contribution in [3.8, 4) is 0 Å². The molecule has 0 aliphatic rings. The molecule has 1 aromatic carbocycles. The lowest BCUT2D eigenvalue weighted by Gasteiger charge is -2.24. The molecule has 0 aliphatic carbocycles. The Morgan fingerprint density at radius 3 is 2.33 bits per heavy atom. The van der Waals surface area contributed by atoms with Crippen molar-refractivity contribution in [2.75, 3.05) is 13.1 Å². The summed E-state index contributed by atoms with van der Waals surface area (Å²) in [7, 11) is 0. The van der Waals surface area contributed by atoms with Gasteiger partial charge in [0.05, 0.1) is 12.2 Å². The first-order valence-electron chi connectivity index (χ1n) is 7.04. The summed E-state index contributed by atoms with van der Waals surface area (Å²) in [5.74, 6) is 0.676. The molecule has 0 fully saturated rings. The first-order valence-corrected chi connectivity index (χ1v) is 7.04. The van der Waals surface area contributed by atoms with E-state index in [2.05, 4.69) is 57.3 Å². The number of hydrogen-bond donors (Lipinski definition) is 1. The monoisotopic (exact) mass is 249 g/mol. The minimum absolute atomic E-state index is 0.153. The Morgan fingerprint density at radius 2 is 1.78 bits per heavy atom. The highest BCUT2D eigenvalue weighted by Gasteiger charge is 2.15. The molecule has 1 aromatic rings. The SMILES string of the molecule is CCNCC(OC(C)CC(C)C)c1ccccc1. The van der Waals surface area contributed by atoms with Gasteiger partial charge in [-0.2, -0.15) is 0 Å². The summed E-state index contributed by atoms with van der Waals surface area (Å²) in [5, 5.41) is 3.38. The molecule has 0 amide bonds. The molecule has 1 N–H and O–H groups in total. The van der Waals surface area contributed by atoms with Crippen LogP contribution in [0.3, 0.4) is 0 Å². The third-order valence-corrected chi connectivity index (χ3v) is 2.95. The summed E-state index contributed by atoms with van der Waals surface area (Å²) < 4.78 is 6.19. The maximum atomic E-state index is 6.19. The highest BCUT2D eigenvalue weighted by molar-refractivity contribution is 5.18. The maximum Gasteiger partial charge on any atom is 0.0952 e. The summed E-state index contributed by atoms with van der Waals surface area (Å²) >= 11 is 0. The van der Waals surface area contributed by atoms with E-state index >= 15 is 0 Å². The van der Waals surface area contributed by atoms with Gasteiger partial charge in [0.1, 0.15) is 0 Å². The van der Waals surface area contributed by atoms with Gasteiger partial charge in [0.2, 0.25) is 0 Å². The third kappa shape index (κ3) is 5.65. The number of benzene rings is 1. The number of ether oxygens (including phenoxy) is 1. The van der Waals surface area contributed by atoms with E-state index in [1.807, 2.05) is 6.07 Å². The van der Waals surface area contributed by atoms with Crippen LogP contribution in [0, 0.1) is 5.92 Å². The van der Waals surface area contributed by atoms with E-state index in [4.69, 9.17) is 4.74 Å². The molecule has 18 heavy (non-hydrogen) atoms. The number of hydrogen-bond acceptors (Lipinski definition) is 2. The molecule has 2 atom stereocenters. The molecule has 102 valence electrons. The van der Waals surface area contributed by atoms with E-state index in [0.717, 1.165) is 19.5 Å². The summed E-state index contributed by atoms with van der Waals surface area (Å²) in [6.45, 7) is 10.6. The fourth-order valence-electron chi connectivity index (χ4n) is 2.19. The molecule has 0 saturated heterocycles. The molecule has 0 saturated carbocycles. The van der Waals surface area contributed by atoms with Gasteiger partial charge >= 0.3 is 0 Å². The van der Waals surface area contributed by atoms with E-state index in [1.165, 1.54) is 5.56 Å². The minimum Gasteiger partial charge on any atom is -0.369 e. The quantitative estimate of drug-likeness (QED) is 0.757. The van der Waals surface area contributed by atoms with E-state index < -0.39 is 0 Å². The third-order valence-electron chi connectivity index (χ3n) is 2.95. The zero-order chi connectivity index (χ0) is 13.4. The lowest BCUT2D eigenvalue weighted by atomic mass is 10.1. The molecule has 1 rings (SSSR count). The Bertz CT molecular complexity index is 310. The summed E-state index contributed by atoms with van der Waals surface area (Å²) in [5.41, 5.74) is 1.26. The Kier molecular flexibility index (Phi) is 6.99. The normalized spacial score (nSPS) is 14.7. The van der Waals surface area contributed by atoms with Gasteiger partial charge in [-0.3, -0.25) is 0 Å². The Labute approximate surface area is 112 Å². The molecule has 0 aromatic heterocycles. The van der Waals surface area contributed by atoms with Crippen LogP contribution in [0.5, 0.6) is 0 Å². The van der Waals surface area contributed by atoms with Crippen LogP contribution in [0.25, 0.3) is 0 Å². The summed E-state index contributed by atoms with van der Waals surface area (Å²) in [4.78, 5) is 0. The molecule has 0 bridgehead atoms. The molecule has 0 aliphatic heterocycles. The molecule has 0 spiro atoms. The predicted octanol–water partition coefficient (Wildman–Crippen LogP) is 3.79. The van der Waals surface area contributed by atoms with Crippen LogP contribution in [0.1, 0.15) is 45.8 Å². The smallest absolute Gasteiger partial charge is 0.0952 e. The largest absolute Gasteiger partial charge is 0.369 e. The van der Waals surface area contributed by atoms with Crippen molar-refractivity contribution in [3.05, 3.63) is 35.9 Å². The van der Waals surface area contributed by atoms with Crippen molar-refractivity contribution in [3.63, 3.8) is 0 Å². The van der Waals surface area contributed by atoms with Crippen LogP contribution in [-0.4, -0.2) is 19.2 Å². The van der Waals surface area contributed by atoms with Crippen LogP contribution in [0.2, 0.25) is 0 Å². The standard InChI is InChI=1S/C16H27NO/c1-5-17-12-16(15-9-7-6-8-10-15)18-14(4)11-13(2)3/h6-10,13-14,16-17H,5,11-12H2,1-4H3. The number of rotatable bonds is 8. The molecule has 0 heterocycles. The molecular formula is C16H27NO. The van der Waals surface area contributed by atoms with Crippen molar-refractivity contribution in [2.45, 2.75) is 46.3 Å². The second kappa shape index (κ2) is 8.28. The molecule has 2 nitrogen and oxygen atoms in total. The number of likely N-dealkylation sites (N-methyl/N-ethyl adjacent to an activating group) is 1. The van der Waals surface area contributed by atoms with E-state index in [-0.39, 0.29) is 6.10 Å². The van der Waals surface area contributed by atoms with Crippen molar-refractivity contribution >= 4 is 0 Å². The minimum atomic E-state index is 0.153. The lowest BCUT2D eigenvalue weighted by molar-refractivity contribution is -0.0124. The van der Waals surface area contributed by atoms with Crippen molar-refractivity contribution in [1.29, 1.82) is 0 Å². The molecule has 0 radical (unpaired) electrons. The van der Waals surface area contributed by atoms with Crippen molar-refractivity contribution in [1.82, 2.24) is 5.32 Å². The lowest BCUT2D eigenvalue weighted by Crippen LogP contribution is -2.26. The topological polar surface area (TPSA) is 21.3 Å². The fraction of sp³-hybridized carbons (Fsp3) is 0.625. The van der Waals surface area contributed by atoms with Gasteiger partial charge in [0, 0.05) is 6.54 Å². The summed E-state index contributed by atoms with van der Waals surface area (Å²) in [6.07, 6.45) is 1.56. The molecular weight excluding hydrogens is 222 g/mol. The Morgan fingerprint density at radius 1 is 1.11 bits per heavy atom. The van der Waals surface area contributed by atoms with Crippen molar-refractivity contribution in [2.24, 2.45) is 5.92 Å². The van der Waals surface area contributed by atoms with Crippen LogP contribution >= 0.6 is 0 Å². The average Bonchev–Trinajstić information content (AvgIpc) is 2.34. The first kappa shape index (κ1) is 15.2. The molecule has 2 unspecified atom stereocenters. The Hall–Kier alpha value is -0.860. The van der Waals surface area contributed by atoms with E-state index in [1.54, 1.807) is 0 Å². The zero-order valence-electron chi connectivity index (χ0n) is 12.1. The first-order chi connectivity index (χ1) is 8.63. The van der Waals surface area contributed by atoms with Gasteiger partial charge in [-0.25, -0.2) is 0 Å². The van der Waals surface area contributed by atoms with Gasteiger partial charge in [0.15, 0.2) is 0 Å². The highest BCUT2D eigenvalue weighted by atomic mass is 16.5. The van der Waals surface area contributed by atoms with Crippen LogP contribution in [-0.2, 0) is 4.74 Å². The number of nitrogens with one attached hydrogen (secondary N) is 1. The average molecular weight is 249 g/mol. The zero-order valence-corrected chi connectivity index (χ0v) is 12.1. The van der Waals surface area contributed by atoms with Gasteiger partial charge in [0.25, 0.3) is 0 Å². The van der Waals surface area contributed by atoms with E-state index in [0.29, 0.717) is 12.0 Å². The Balaban J connectivity index is 2.61. The van der Waals surface area contributed by atoms with Crippen LogP contribution in [0.4, 0.5) is 0 Å². The highest BCUT2D eigenvalue weighted by Crippen LogP contribution is 2.21. The second-order valence-corrected chi connectivity index (χ2v) is 5.28. The van der Waals surface area contributed by atoms with Crippen LogP contribution in [0.15, 0.2) is 30.3 Å².